The van der Waals surface area contributed by atoms with Gasteiger partial charge in [-0.15, -0.1) is 0 Å². The lowest BCUT2D eigenvalue weighted by Crippen LogP contribution is -2.39. The second-order valence-electron chi connectivity index (χ2n) is 4.60. The SMILES string of the molecule is Cc1ccccc1S(=O)(=O)N1CCCC(C#N)C1. The predicted octanol–water partition coefficient (Wildman–Crippen LogP) is 1.92. The Labute approximate surface area is 108 Å². The summed E-state index contributed by atoms with van der Waals surface area (Å²) in [5, 5.41) is 8.93. The van der Waals surface area contributed by atoms with Crippen molar-refractivity contribution >= 4 is 10.0 Å². The number of benzene rings is 1. The zero-order valence-corrected chi connectivity index (χ0v) is 11.2. The summed E-state index contributed by atoms with van der Waals surface area (Å²) in [6, 6.07) is 9.13. The second kappa shape index (κ2) is 5.09. The first kappa shape index (κ1) is 13.1. The van der Waals surface area contributed by atoms with Crippen molar-refractivity contribution in [3.8, 4) is 6.07 Å². The number of hydrogen-bond acceptors (Lipinski definition) is 3. The van der Waals surface area contributed by atoms with Crippen LogP contribution in [-0.4, -0.2) is 25.8 Å². The van der Waals surface area contributed by atoms with Crippen molar-refractivity contribution in [1.29, 1.82) is 5.26 Å². The molecule has 0 bridgehead atoms. The van der Waals surface area contributed by atoms with E-state index < -0.39 is 10.0 Å². The van der Waals surface area contributed by atoms with Gasteiger partial charge < -0.3 is 0 Å². The molecule has 1 unspecified atom stereocenters. The zero-order valence-electron chi connectivity index (χ0n) is 10.3. The van der Waals surface area contributed by atoms with Crippen molar-refractivity contribution in [3.05, 3.63) is 29.8 Å². The summed E-state index contributed by atoms with van der Waals surface area (Å²) in [5.74, 6) is -0.183. The molecule has 0 radical (unpaired) electrons. The van der Waals surface area contributed by atoms with Crippen LogP contribution in [0, 0.1) is 24.2 Å². The zero-order chi connectivity index (χ0) is 13.2. The summed E-state index contributed by atoms with van der Waals surface area (Å²) in [4.78, 5) is 0.351. The molecule has 18 heavy (non-hydrogen) atoms. The molecule has 1 aromatic carbocycles. The molecule has 1 fully saturated rings. The third-order valence-corrected chi connectivity index (χ3v) is 5.30. The van der Waals surface area contributed by atoms with Crippen LogP contribution >= 0.6 is 0 Å². The average molecular weight is 264 g/mol. The van der Waals surface area contributed by atoms with Gasteiger partial charge in [-0.1, -0.05) is 18.2 Å². The molecule has 0 aromatic heterocycles. The number of piperidine rings is 1. The molecule has 0 aliphatic carbocycles. The molecule has 1 saturated heterocycles. The van der Waals surface area contributed by atoms with E-state index in [1.807, 2.05) is 6.07 Å². The van der Waals surface area contributed by atoms with E-state index in [-0.39, 0.29) is 5.92 Å². The van der Waals surface area contributed by atoms with Gasteiger partial charge in [-0.25, -0.2) is 8.42 Å². The van der Waals surface area contributed by atoms with Crippen LogP contribution in [0.4, 0.5) is 0 Å². The first-order chi connectivity index (χ1) is 8.55. The number of nitriles is 1. The van der Waals surface area contributed by atoms with E-state index in [9.17, 15) is 8.42 Å². The minimum absolute atomic E-state index is 0.183. The quantitative estimate of drug-likeness (QED) is 0.820. The highest BCUT2D eigenvalue weighted by Gasteiger charge is 2.30. The van der Waals surface area contributed by atoms with Crippen molar-refractivity contribution in [1.82, 2.24) is 4.31 Å². The van der Waals surface area contributed by atoms with Crippen molar-refractivity contribution < 1.29 is 8.42 Å². The average Bonchev–Trinajstić information content (AvgIpc) is 2.39. The normalized spacial score (nSPS) is 21.4. The Morgan fingerprint density at radius 1 is 1.39 bits per heavy atom. The van der Waals surface area contributed by atoms with Gasteiger partial charge in [0.1, 0.15) is 0 Å². The third kappa shape index (κ3) is 2.40. The molecule has 1 aliphatic rings. The largest absolute Gasteiger partial charge is 0.243 e. The molecular weight excluding hydrogens is 248 g/mol. The van der Waals surface area contributed by atoms with Gasteiger partial charge in [0, 0.05) is 13.1 Å². The lowest BCUT2D eigenvalue weighted by Gasteiger charge is -2.29. The lowest BCUT2D eigenvalue weighted by atomic mass is 10.0. The maximum absolute atomic E-state index is 12.5. The minimum atomic E-state index is -3.45. The molecular formula is C13H16N2O2S. The first-order valence-corrected chi connectivity index (χ1v) is 7.45. The summed E-state index contributed by atoms with van der Waals surface area (Å²) in [6.45, 7) is 2.61. The number of aryl methyl sites for hydroxylation is 1. The van der Waals surface area contributed by atoms with Crippen LogP contribution in [-0.2, 0) is 10.0 Å². The van der Waals surface area contributed by atoms with Gasteiger partial charge in [-0.3, -0.25) is 0 Å². The van der Waals surface area contributed by atoms with E-state index in [0.717, 1.165) is 18.4 Å². The Kier molecular flexibility index (Phi) is 3.69. The van der Waals surface area contributed by atoms with E-state index >= 15 is 0 Å². The van der Waals surface area contributed by atoms with Gasteiger partial charge in [0.15, 0.2) is 0 Å². The van der Waals surface area contributed by atoms with Crippen LogP contribution in [0.2, 0.25) is 0 Å². The van der Waals surface area contributed by atoms with E-state index in [0.29, 0.717) is 18.0 Å². The highest BCUT2D eigenvalue weighted by molar-refractivity contribution is 7.89. The maximum atomic E-state index is 12.5. The summed E-state index contributed by atoms with van der Waals surface area (Å²) < 4.78 is 26.4. The standard InChI is InChI=1S/C13H16N2O2S/c1-11-5-2-3-7-13(11)18(16,17)15-8-4-6-12(9-14)10-15/h2-3,5,7,12H,4,6,8,10H2,1H3. The Morgan fingerprint density at radius 2 is 2.11 bits per heavy atom. The van der Waals surface area contributed by atoms with Gasteiger partial charge in [0.05, 0.1) is 16.9 Å². The molecule has 0 amide bonds. The Bertz CT molecular complexity index is 575. The Balaban J connectivity index is 2.32. The van der Waals surface area contributed by atoms with Crippen LogP contribution in [0.1, 0.15) is 18.4 Å². The highest BCUT2D eigenvalue weighted by atomic mass is 32.2. The monoisotopic (exact) mass is 264 g/mol. The molecule has 4 nitrogen and oxygen atoms in total. The summed E-state index contributed by atoms with van der Waals surface area (Å²) in [6.07, 6.45) is 1.54. The maximum Gasteiger partial charge on any atom is 0.243 e. The fraction of sp³-hybridized carbons (Fsp3) is 0.462. The second-order valence-corrected chi connectivity index (χ2v) is 6.50. The number of nitrogens with zero attached hydrogens (tertiary/aromatic N) is 2. The van der Waals surface area contributed by atoms with Crippen molar-refractivity contribution in [2.24, 2.45) is 5.92 Å². The van der Waals surface area contributed by atoms with E-state index in [1.165, 1.54) is 4.31 Å². The van der Waals surface area contributed by atoms with Crippen LogP contribution in [0.25, 0.3) is 0 Å². The van der Waals surface area contributed by atoms with Crippen molar-refractivity contribution in [2.45, 2.75) is 24.7 Å². The highest BCUT2D eigenvalue weighted by Crippen LogP contribution is 2.25. The molecule has 96 valence electrons. The fourth-order valence-electron chi connectivity index (χ4n) is 2.25. The van der Waals surface area contributed by atoms with Crippen LogP contribution in [0.3, 0.4) is 0 Å². The number of rotatable bonds is 2. The van der Waals surface area contributed by atoms with Crippen molar-refractivity contribution in [2.75, 3.05) is 13.1 Å². The van der Waals surface area contributed by atoms with Crippen LogP contribution in [0.15, 0.2) is 29.2 Å². The summed E-state index contributed by atoms with van der Waals surface area (Å²) in [5.41, 5.74) is 0.747. The number of hydrogen-bond donors (Lipinski definition) is 0. The molecule has 1 heterocycles. The van der Waals surface area contributed by atoms with Crippen LogP contribution in [0.5, 0.6) is 0 Å². The predicted molar refractivity (Wildman–Crippen MR) is 68.3 cm³/mol. The summed E-state index contributed by atoms with van der Waals surface area (Å²) >= 11 is 0. The molecule has 5 heteroatoms. The summed E-state index contributed by atoms with van der Waals surface area (Å²) in [7, 11) is -3.45. The van der Waals surface area contributed by atoms with Gasteiger partial charge in [0.2, 0.25) is 10.0 Å². The van der Waals surface area contributed by atoms with Gasteiger partial charge in [0.25, 0.3) is 0 Å². The van der Waals surface area contributed by atoms with E-state index in [4.69, 9.17) is 5.26 Å². The van der Waals surface area contributed by atoms with Gasteiger partial charge in [-0.2, -0.15) is 9.57 Å². The molecule has 1 aliphatic heterocycles. The van der Waals surface area contributed by atoms with E-state index in [1.54, 1.807) is 25.1 Å². The van der Waals surface area contributed by atoms with Crippen LogP contribution < -0.4 is 0 Å². The van der Waals surface area contributed by atoms with Gasteiger partial charge in [-0.05, 0) is 31.4 Å². The number of sulfonamides is 1. The molecule has 1 aromatic rings. The first-order valence-electron chi connectivity index (χ1n) is 6.01. The van der Waals surface area contributed by atoms with Crippen molar-refractivity contribution in [3.63, 3.8) is 0 Å². The molecule has 0 saturated carbocycles. The molecule has 0 spiro atoms. The lowest BCUT2D eigenvalue weighted by molar-refractivity contribution is 0.305. The minimum Gasteiger partial charge on any atom is -0.207 e. The molecule has 2 rings (SSSR count). The molecule has 0 N–H and O–H groups in total. The topological polar surface area (TPSA) is 61.2 Å². The molecule has 1 atom stereocenters. The smallest absolute Gasteiger partial charge is 0.207 e. The third-order valence-electron chi connectivity index (χ3n) is 3.28. The fourth-order valence-corrected chi connectivity index (χ4v) is 4.00. The Hall–Kier alpha value is -1.38. The van der Waals surface area contributed by atoms with E-state index in [2.05, 4.69) is 6.07 Å². The van der Waals surface area contributed by atoms with Gasteiger partial charge >= 0.3 is 0 Å². The Morgan fingerprint density at radius 3 is 2.78 bits per heavy atom.